The summed E-state index contributed by atoms with van der Waals surface area (Å²) >= 11 is 1.17. The van der Waals surface area contributed by atoms with Crippen molar-refractivity contribution in [3.8, 4) is 0 Å². The van der Waals surface area contributed by atoms with Crippen LogP contribution in [0.15, 0.2) is 53.4 Å². The number of ether oxygens (including phenoxy) is 1. The van der Waals surface area contributed by atoms with Crippen LogP contribution < -0.4 is 4.90 Å². The average Bonchev–Trinajstić information content (AvgIpc) is 3.14. The van der Waals surface area contributed by atoms with E-state index in [9.17, 15) is 13.2 Å². The molecule has 0 N–H and O–H groups in total. The van der Waals surface area contributed by atoms with Gasteiger partial charge in [0.15, 0.2) is 0 Å². The van der Waals surface area contributed by atoms with Gasteiger partial charge in [-0.2, -0.15) is 4.31 Å². The lowest BCUT2D eigenvalue weighted by Crippen LogP contribution is -2.53. The van der Waals surface area contributed by atoms with Crippen LogP contribution in [-0.4, -0.2) is 51.0 Å². The van der Waals surface area contributed by atoms with E-state index in [0.717, 1.165) is 10.4 Å². The smallest absolute Gasteiger partial charge is 0.349 e. The second-order valence-electron chi connectivity index (χ2n) is 7.72. The first-order valence-corrected chi connectivity index (χ1v) is 12.6. The molecule has 8 heteroatoms. The van der Waals surface area contributed by atoms with Gasteiger partial charge in [0.25, 0.3) is 0 Å². The standard InChI is InChI=1S/C23H26N2O4S2/c1-4-29-23(26)21-22(19-10-5-6-11-20(19)30-21)31(27,28)24-12-13-25(17(3)15-24)18-9-7-8-16(2)14-18/h5-11,14,17H,4,12-13,15H2,1-3H3/t17-/m0/s1. The molecule has 2 aromatic carbocycles. The van der Waals surface area contributed by atoms with Gasteiger partial charge in [-0.3, -0.25) is 0 Å². The fraction of sp³-hybridized carbons (Fsp3) is 0.348. The Morgan fingerprint density at radius 2 is 1.94 bits per heavy atom. The minimum Gasteiger partial charge on any atom is -0.462 e. The van der Waals surface area contributed by atoms with Crippen LogP contribution in [0.25, 0.3) is 10.1 Å². The first-order chi connectivity index (χ1) is 14.8. The molecule has 0 aliphatic carbocycles. The van der Waals surface area contributed by atoms with Crippen LogP contribution in [0.2, 0.25) is 0 Å². The number of nitrogens with zero attached hydrogens (tertiary/aromatic N) is 2. The molecule has 0 radical (unpaired) electrons. The lowest BCUT2D eigenvalue weighted by Gasteiger charge is -2.40. The zero-order chi connectivity index (χ0) is 22.2. The van der Waals surface area contributed by atoms with Crippen LogP contribution in [0.1, 0.15) is 29.1 Å². The van der Waals surface area contributed by atoms with Crippen molar-refractivity contribution in [1.29, 1.82) is 0 Å². The molecule has 3 aromatic rings. The Labute approximate surface area is 187 Å². The zero-order valence-electron chi connectivity index (χ0n) is 17.9. The predicted molar refractivity (Wildman–Crippen MR) is 125 cm³/mol. The molecule has 31 heavy (non-hydrogen) atoms. The average molecular weight is 459 g/mol. The number of sulfonamides is 1. The van der Waals surface area contributed by atoms with Gasteiger partial charge in [-0.25, -0.2) is 13.2 Å². The quantitative estimate of drug-likeness (QED) is 0.534. The minimum atomic E-state index is -3.87. The number of esters is 1. The van der Waals surface area contributed by atoms with E-state index < -0.39 is 16.0 Å². The van der Waals surface area contributed by atoms with E-state index in [1.165, 1.54) is 21.2 Å². The lowest BCUT2D eigenvalue weighted by molar-refractivity contribution is 0.0528. The Balaban J connectivity index is 1.69. The Morgan fingerprint density at radius 3 is 2.65 bits per heavy atom. The summed E-state index contributed by atoms with van der Waals surface area (Å²) in [7, 11) is -3.87. The van der Waals surface area contributed by atoms with Gasteiger partial charge in [0.1, 0.15) is 9.77 Å². The van der Waals surface area contributed by atoms with Gasteiger partial charge in [0.05, 0.1) is 6.61 Å². The van der Waals surface area contributed by atoms with E-state index >= 15 is 0 Å². The SMILES string of the molecule is CCOC(=O)c1sc2ccccc2c1S(=O)(=O)N1CCN(c2cccc(C)c2)[C@@H](C)C1. The molecule has 1 fully saturated rings. The molecule has 1 atom stereocenters. The van der Waals surface area contributed by atoms with Crippen LogP contribution in [0, 0.1) is 6.92 Å². The van der Waals surface area contributed by atoms with Crippen molar-refractivity contribution in [2.75, 3.05) is 31.1 Å². The highest BCUT2D eigenvalue weighted by molar-refractivity contribution is 7.89. The zero-order valence-corrected chi connectivity index (χ0v) is 19.5. The maximum atomic E-state index is 13.7. The molecule has 0 saturated carbocycles. The van der Waals surface area contributed by atoms with E-state index in [4.69, 9.17) is 4.74 Å². The highest BCUT2D eigenvalue weighted by atomic mass is 32.2. The Bertz CT molecular complexity index is 1220. The molecule has 1 aliphatic rings. The first kappa shape index (κ1) is 21.8. The molecular formula is C23H26N2O4S2. The molecule has 0 unspecified atom stereocenters. The van der Waals surface area contributed by atoms with Gasteiger partial charge in [-0.15, -0.1) is 11.3 Å². The number of hydrogen-bond donors (Lipinski definition) is 0. The van der Waals surface area contributed by atoms with Crippen LogP contribution in [0.4, 0.5) is 5.69 Å². The number of aryl methyl sites for hydroxylation is 1. The van der Waals surface area contributed by atoms with E-state index in [2.05, 4.69) is 17.0 Å². The molecular weight excluding hydrogens is 432 g/mol. The molecule has 6 nitrogen and oxygen atoms in total. The van der Waals surface area contributed by atoms with Gasteiger partial charge in [-0.05, 0) is 44.5 Å². The molecule has 0 spiro atoms. The van der Waals surface area contributed by atoms with Gasteiger partial charge in [-0.1, -0.05) is 30.3 Å². The number of fused-ring (bicyclic) bond motifs is 1. The van der Waals surface area contributed by atoms with Gasteiger partial charge in [0, 0.05) is 41.4 Å². The molecule has 0 amide bonds. The summed E-state index contributed by atoms with van der Waals surface area (Å²) in [6, 6.07) is 15.5. The maximum absolute atomic E-state index is 13.7. The largest absolute Gasteiger partial charge is 0.462 e. The topological polar surface area (TPSA) is 66.9 Å². The molecule has 1 aromatic heterocycles. The highest BCUT2D eigenvalue weighted by Crippen LogP contribution is 2.37. The summed E-state index contributed by atoms with van der Waals surface area (Å²) in [5, 5.41) is 0.573. The summed E-state index contributed by atoms with van der Waals surface area (Å²) in [6.07, 6.45) is 0. The molecule has 0 bridgehead atoms. The fourth-order valence-electron chi connectivity index (χ4n) is 4.07. The van der Waals surface area contributed by atoms with E-state index in [1.54, 1.807) is 19.1 Å². The number of piperazine rings is 1. The summed E-state index contributed by atoms with van der Waals surface area (Å²) in [5.74, 6) is -0.589. The van der Waals surface area contributed by atoms with Gasteiger partial charge in [0.2, 0.25) is 10.0 Å². The van der Waals surface area contributed by atoms with Crippen LogP contribution in [0.5, 0.6) is 0 Å². The van der Waals surface area contributed by atoms with Crippen LogP contribution in [-0.2, 0) is 14.8 Å². The van der Waals surface area contributed by atoms with Crippen LogP contribution in [0.3, 0.4) is 0 Å². The summed E-state index contributed by atoms with van der Waals surface area (Å²) in [6.45, 7) is 7.27. The monoisotopic (exact) mass is 458 g/mol. The molecule has 4 rings (SSSR count). The third-order valence-electron chi connectivity index (χ3n) is 5.53. The molecule has 164 valence electrons. The van der Waals surface area contributed by atoms with Crippen molar-refractivity contribution in [3.63, 3.8) is 0 Å². The van der Waals surface area contributed by atoms with Crippen molar-refractivity contribution in [2.45, 2.75) is 31.7 Å². The summed E-state index contributed by atoms with van der Waals surface area (Å²) in [4.78, 5) is 15.0. The molecule has 1 aliphatic heterocycles. The highest BCUT2D eigenvalue weighted by Gasteiger charge is 2.37. The minimum absolute atomic E-state index is 0.00117. The number of carbonyl (C=O) groups excluding carboxylic acids is 1. The van der Waals surface area contributed by atoms with E-state index in [-0.39, 0.29) is 22.4 Å². The molecule has 1 saturated heterocycles. The number of anilines is 1. The van der Waals surface area contributed by atoms with E-state index in [1.807, 2.05) is 38.1 Å². The summed E-state index contributed by atoms with van der Waals surface area (Å²) in [5.41, 5.74) is 2.27. The number of benzene rings is 2. The number of rotatable bonds is 5. The number of thiophene rings is 1. The van der Waals surface area contributed by atoms with Crippen molar-refractivity contribution in [1.82, 2.24) is 4.31 Å². The van der Waals surface area contributed by atoms with E-state index in [0.29, 0.717) is 25.0 Å². The van der Waals surface area contributed by atoms with Crippen molar-refractivity contribution in [3.05, 3.63) is 59.0 Å². The third-order valence-corrected chi connectivity index (χ3v) is 8.76. The second kappa shape index (κ2) is 8.61. The first-order valence-electron chi connectivity index (χ1n) is 10.3. The van der Waals surface area contributed by atoms with Crippen LogP contribution >= 0.6 is 11.3 Å². The summed E-state index contributed by atoms with van der Waals surface area (Å²) < 4.78 is 34.9. The van der Waals surface area contributed by atoms with Gasteiger partial charge >= 0.3 is 5.97 Å². The number of hydrogen-bond acceptors (Lipinski definition) is 6. The third kappa shape index (κ3) is 4.07. The lowest BCUT2D eigenvalue weighted by atomic mass is 10.1. The second-order valence-corrected chi connectivity index (χ2v) is 10.6. The number of carbonyl (C=O) groups is 1. The Morgan fingerprint density at radius 1 is 1.16 bits per heavy atom. The van der Waals surface area contributed by atoms with Crippen molar-refractivity contribution in [2.24, 2.45) is 0 Å². The fourth-order valence-corrected chi connectivity index (χ4v) is 7.33. The normalized spacial score (nSPS) is 17.8. The van der Waals surface area contributed by atoms with Crippen molar-refractivity contribution < 1.29 is 17.9 Å². The van der Waals surface area contributed by atoms with Crippen molar-refractivity contribution >= 4 is 43.1 Å². The Kier molecular flexibility index (Phi) is 6.05. The predicted octanol–water partition coefficient (Wildman–Crippen LogP) is 4.29. The maximum Gasteiger partial charge on any atom is 0.349 e. The van der Waals surface area contributed by atoms with Gasteiger partial charge < -0.3 is 9.64 Å². The Hall–Kier alpha value is -2.42. The molecule has 2 heterocycles.